The first kappa shape index (κ1) is 17.8. The van der Waals surface area contributed by atoms with E-state index in [9.17, 15) is 9.90 Å². The van der Waals surface area contributed by atoms with Crippen molar-refractivity contribution in [1.29, 1.82) is 0 Å². The van der Waals surface area contributed by atoms with Crippen LogP contribution in [0.5, 0.6) is 5.75 Å². The van der Waals surface area contributed by atoms with Crippen LogP contribution in [0.1, 0.15) is 16.7 Å². The van der Waals surface area contributed by atoms with Gasteiger partial charge < -0.3 is 14.3 Å². The zero-order valence-electron chi connectivity index (χ0n) is 15.4. The maximum absolute atomic E-state index is 11.5. The summed E-state index contributed by atoms with van der Waals surface area (Å²) in [4.78, 5) is 13.8. The first-order chi connectivity index (χ1) is 13.1. The Bertz CT molecular complexity index is 1010. The van der Waals surface area contributed by atoms with E-state index in [4.69, 9.17) is 9.15 Å². The molecule has 2 aromatic carbocycles. The maximum Gasteiger partial charge on any atom is 0.336 e. The van der Waals surface area contributed by atoms with Crippen molar-refractivity contribution in [2.24, 2.45) is 0 Å². The van der Waals surface area contributed by atoms with Crippen molar-refractivity contribution in [2.45, 2.75) is 26.0 Å². The molecule has 3 aromatic rings. The molecule has 0 aliphatic carbocycles. The van der Waals surface area contributed by atoms with Crippen LogP contribution in [0.25, 0.3) is 11.0 Å². The van der Waals surface area contributed by atoms with Crippen LogP contribution in [0.4, 0.5) is 0 Å². The standard InChI is InChI=1S/C22H23NO4/c1-15-10-22(25)27-21-11-19(6-7-20(15)21)26-14-18(24)13-23-9-8-16-4-2-3-5-17(16)12-23/h2-7,10-11,18,24H,8-9,12-14H2,1H3/t18-/m0/s1. The van der Waals surface area contributed by atoms with Crippen molar-refractivity contribution < 1.29 is 14.3 Å². The molecule has 0 saturated carbocycles. The van der Waals surface area contributed by atoms with Crippen LogP contribution in [-0.2, 0) is 13.0 Å². The average molecular weight is 365 g/mol. The zero-order chi connectivity index (χ0) is 18.8. The lowest BCUT2D eigenvalue weighted by Crippen LogP contribution is -2.38. The minimum atomic E-state index is -0.588. The predicted molar refractivity (Wildman–Crippen MR) is 104 cm³/mol. The molecule has 1 atom stereocenters. The van der Waals surface area contributed by atoms with E-state index in [-0.39, 0.29) is 12.2 Å². The Morgan fingerprint density at radius 2 is 2.00 bits per heavy atom. The molecule has 0 amide bonds. The highest BCUT2D eigenvalue weighted by Gasteiger charge is 2.18. The minimum absolute atomic E-state index is 0.194. The number of fused-ring (bicyclic) bond motifs is 2. The van der Waals surface area contributed by atoms with E-state index in [1.165, 1.54) is 17.2 Å². The van der Waals surface area contributed by atoms with Gasteiger partial charge >= 0.3 is 5.63 Å². The molecule has 27 heavy (non-hydrogen) atoms. The van der Waals surface area contributed by atoms with Gasteiger partial charge in [0.15, 0.2) is 0 Å². The van der Waals surface area contributed by atoms with E-state index in [1.807, 2.05) is 19.1 Å². The highest BCUT2D eigenvalue weighted by atomic mass is 16.5. The van der Waals surface area contributed by atoms with Gasteiger partial charge in [0.2, 0.25) is 0 Å². The second kappa shape index (κ2) is 7.55. The molecule has 0 bridgehead atoms. The van der Waals surface area contributed by atoms with Gasteiger partial charge in [-0.15, -0.1) is 0 Å². The predicted octanol–water partition coefficient (Wildman–Crippen LogP) is 2.90. The Morgan fingerprint density at radius 3 is 2.85 bits per heavy atom. The molecule has 1 aliphatic heterocycles. The highest BCUT2D eigenvalue weighted by molar-refractivity contribution is 5.81. The van der Waals surface area contributed by atoms with Gasteiger partial charge in [-0.3, -0.25) is 4.90 Å². The van der Waals surface area contributed by atoms with Crippen LogP contribution in [0.2, 0.25) is 0 Å². The fourth-order valence-corrected chi connectivity index (χ4v) is 3.65. The molecule has 5 heteroatoms. The van der Waals surface area contributed by atoms with Crippen LogP contribution >= 0.6 is 0 Å². The number of aliphatic hydroxyl groups is 1. The summed E-state index contributed by atoms with van der Waals surface area (Å²) in [6, 6.07) is 15.3. The van der Waals surface area contributed by atoms with Crippen LogP contribution in [0, 0.1) is 6.92 Å². The lowest BCUT2D eigenvalue weighted by atomic mass is 10.00. The van der Waals surface area contributed by atoms with Gasteiger partial charge in [0, 0.05) is 37.2 Å². The first-order valence-corrected chi connectivity index (χ1v) is 9.23. The smallest absolute Gasteiger partial charge is 0.336 e. The molecule has 1 aliphatic rings. The molecule has 0 unspecified atom stereocenters. The van der Waals surface area contributed by atoms with Crippen LogP contribution < -0.4 is 10.4 Å². The molecule has 4 rings (SSSR count). The summed E-state index contributed by atoms with van der Waals surface area (Å²) < 4.78 is 11.0. The van der Waals surface area contributed by atoms with E-state index in [2.05, 4.69) is 29.2 Å². The van der Waals surface area contributed by atoms with Crippen LogP contribution in [0.3, 0.4) is 0 Å². The van der Waals surface area contributed by atoms with E-state index in [0.717, 1.165) is 30.5 Å². The highest BCUT2D eigenvalue weighted by Crippen LogP contribution is 2.23. The van der Waals surface area contributed by atoms with Crippen molar-refractivity contribution in [1.82, 2.24) is 4.90 Å². The van der Waals surface area contributed by atoms with Crippen LogP contribution in [0.15, 0.2) is 57.7 Å². The Balaban J connectivity index is 1.36. The van der Waals surface area contributed by atoms with Crippen molar-refractivity contribution in [2.75, 3.05) is 19.7 Å². The lowest BCUT2D eigenvalue weighted by Gasteiger charge is -2.30. The Hall–Kier alpha value is -2.63. The third-order valence-corrected chi connectivity index (χ3v) is 5.04. The molecular weight excluding hydrogens is 342 g/mol. The molecule has 1 N–H and O–H groups in total. The van der Waals surface area contributed by atoms with E-state index in [1.54, 1.807) is 6.07 Å². The van der Waals surface area contributed by atoms with Crippen LogP contribution in [-0.4, -0.2) is 35.8 Å². The quantitative estimate of drug-likeness (QED) is 0.705. The van der Waals surface area contributed by atoms with Gasteiger partial charge in [-0.2, -0.15) is 0 Å². The summed E-state index contributed by atoms with van der Waals surface area (Å²) in [6.45, 7) is 4.43. The minimum Gasteiger partial charge on any atom is -0.491 e. The normalized spacial score (nSPS) is 15.5. The summed E-state index contributed by atoms with van der Waals surface area (Å²) >= 11 is 0. The molecule has 0 spiro atoms. The SMILES string of the molecule is Cc1cc(=O)oc2cc(OC[C@@H](O)CN3CCc4ccccc4C3)ccc12. The van der Waals surface area contributed by atoms with Gasteiger partial charge in [0.25, 0.3) is 0 Å². The summed E-state index contributed by atoms with van der Waals surface area (Å²) in [7, 11) is 0. The van der Waals surface area contributed by atoms with Gasteiger partial charge in [0.1, 0.15) is 24.0 Å². The Labute approximate surface area is 157 Å². The van der Waals surface area contributed by atoms with E-state index in [0.29, 0.717) is 17.9 Å². The number of nitrogens with zero attached hydrogens (tertiary/aromatic N) is 1. The van der Waals surface area contributed by atoms with Gasteiger partial charge in [-0.1, -0.05) is 24.3 Å². The van der Waals surface area contributed by atoms with Crippen molar-refractivity contribution >= 4 is 11.0 Å². The number of ether oxygens (including phenoxy) is 1. The third kappa shape index (κ3) is 4.04. The Kier molecular flexibility index (Phi) is 4.97. The number of aryl methyl sites for hydroxylation is 1. The number of β-amino-alcohol motifs (C(OH)–C–C–N with tert-alkyl or cyclic N) is 1. The largest absolute Gasteiger partial charge is 0.491 e. The monoisotopic (exact) mass is 365 g/mol. The molecule has 140 valence electrons. The zero-order valence-corrected chi connectivity index (χ0v) is 15.4. The second-order valence-corrected chi connectivity index (χ2v) is 7.13. The second-order valence-electron chi connectivity index (χ2n) is 7.13. The number of hydrogen-bond acceptors (Lipinski definition) is 5. The van der Waals surface area contributed by atoms with Crippen molar-refractivity contribution in [3.63, 3.8) is 0 Å². The molecule has 5 nitrogen and oxygen atoms in total. The number of hydrogen-bond donors (Lipinski definition) is 1. The summed E-state index contributed by atoms with van der Waals surface area (Å²) in [5.74, 6) is 0.583. The van der Waals surface area contributed by atoms with Crippen molar-refractivity contribution in [3.05, 3.63) is 75.6 Å². The number of benzene rings is 2. The Morgan fingerprint density at radius 1 is 1.19 bits per heavy atom. The molecule has 0 saturated heterocycles. The fourth-order valence-electron chi connectivity index (χ4n) is 3.65. The first-order valence-electron chi connectivity index (χ1n) is 9.23. The average Bonchev–Trinajstić information content (AvgIpc) is 2.66. The summed E-state index contributed by atoms with van der Waals surface area (Å²) in [5, 5.41) is 11.3. The number of rotatable bonds is 5. The van der Waals surface area contributed by atoms with E-state index < -0.39 is 6.10 Å². The summed E-state index contributed by atoms with van der Waals surface area (Å²) in [6.07, 6.45) is 0.419. The topological polar surface area (TPSA) is 62.9 Å². The molecule has 1 aromatic heterocycles. The maximum atomic E-state index is 11.5. The number of aliphatic hydroxyl groups excluding tert-OH is 1. The van der Waals surface area contributed by atoms with E-state index >= 15 is 0 Å². The van der Waals surface area contributed by atoms with Crippen molar-refractivity contribution in [3.8, 4) is 5.75 Å². The molecule has 0 radical (unpaired) electrons. The van der Waals surface area contributed by atoms with Gasteiger partial charge in [0.05, 0.1) is 0 Å². The molecule has 2 heterocycles. The summed E-state index contributed by atoms with van der Waals surface area (Å²) in [5.41, 5.74) is 3.73. The third-order valence-electron chi connectivity index (χ3n) is 5.04. The lowest BCUT2D eigenvalue weighted by molar-refractivity contribution is 0.0638. The van der Waals surface area contributed by atoms with Gasteiger partial charge in [-0.05, 0) is 42.2 Å². The fraction of sp³-hybridized carbons (Fsp3) is 0.318. The molecular formula is C22H23NO4. The van der Waals surface area contributed by atoms with Gasteiger partial charge in [-0.25, -0.2) is 4.79 Å². The molecule has 0 fully saturated rings.